The van der Waals surface area contributed by atoms with Crippen molar-refractivity contribution in [1.82, 2.24) is 15.0 Å². The van der Waals surface area contributed by atoms with E-state index in [0.717, 1.165) is 5.01 Å². The third-order valence-corrected chi connectivity index (χ3v) is 5.97. The Morgan fingerprint density at radius 2 is 1.73 bits per heavy atom. The van der Waals surface area contributed by atoms with Crippen LogP contribution in [-0.2, 0) is 14.8 Å². The zero-order valence-electron chi connectivity index (χ0n) is 17.3. The van der Waals surface area contributed by atoms with Crippen LogP contribution >= 0.6 is 0 Å². The lowest BCUT2D eigenvalue weighted by Crippen LogP contribution is -2.43. The quantitative estimate of drug-likeness (QED) is 0.534. The van der Waals surface area contributed by atoms with Gasteiger partial charge in [0.2, 0.25) is 5.95 Å². The van der Waals surface area contributed by atoms with Gasteiger partial charge in [-0.25, -0.2) is 23.1 Å². The van der Waals surface area contributed by atoms with Crippen LogP contribution in [0.2, 0.25) is 0 Å². The molecule has 12 heteroatoms. The minimum Gasteiger partial charge on any atom is -0.508 e. The van der Waals surface area contributed by atoms with Gasteiger partial charge in [-0.2, -0.15) is 10.1 Å². The highest BCUT2D eigenvalue weighted by Crippen LogP contribution is 2.24. The second-order valence-electron chi connectivity index (χ2n) is 6.82. The third kappa shape index (κ3) is 4.91. The summed E-state index contributed by atoms with van der Waals surface area (Å²) in [5.41, 5.74) is 0.317. The molecule has 2 atom stereocenters. The third-order valence-electron chi connectivity index (χ3n) is 4.62. The maximum atomic E-state index is 12.7. The number of methoxy groups -OCH3 is 1. The molecule has 2 heterocycles. The number of rotatable bonds is 7. The summed E-state index contributed by atoms with van der Waals surface area (Å²) >= 11 is 0. The number of aromatic nitrogens is 2. The molecule has 1 aromatic heterocycles. The molecule has 0 saturated carbocycles. The average molecular weight is 469 g/mol. The number of phenols is 1. The van der Waals surface area contributed by atoms with Crippen LogP contribution < -0.4 is 9.46 Å². The lowest BCUT2D eigenvalue weighted by Gasteiger charge is -2.25. The molecule has 33 heavy (non-hydrogen) atoms. The van der Waals surface area contributed by atoms with Crippen molar-refractivity contribution in [2.45, 2.75) is 17.2 Å². The first kappa shape index (κ1) is 22.2. The van der Waals surface area contributed by atoms with Gasteiger partial charge < -0.3 is 14.6 Å². The van der Waals surface area contributed by atoms with Crippen molar-refractivity contribution < 1.29 is 27.8 Å². The van der Waals surface area contributed by atoms with Gasteiger partial charge >= 0.3 is 0 Å². The molecule has 0 fully saturated rings. The van der Waals surface area contributed by atoms with Gasteiger partial charge in [0.1, 0.15) is 11.5 Å². The van der Waals surface area contributed by atoms with Gasteiger partial charge in [-0.15, -0.1) is 0 Å². The number of nitrogens with one attached hydrogen (secondary N) is 1. The fourth-order valence-electron chi connectivity index (χ4n) is 3.03. The Morgan fingerprint density at radius 1 is 1.06 bits per heavy atom. The first-order valence-electron chi connectivity index (χ1n) is 9.63. The molecule has 1 amide bonds. The monoisotopic (exact) mass is 469 g/mol. The van der Waals surface area contributed by atoms with Crippen LogP contribution in [0.15, 0.2) is 77.0 Å². The highest BCUT2D eigenvalue weighted by Gasteiger charge is 2.37. The minimum atomic E-state index is -3.88. The topological polar surface area (TPSA) is 143 Å². The molecule has 0 aliphatic carbocycles. The fraction of sp³-hybridized carbons (Fsp3) is 0.143. The fourth-order valence-corrected chi connectivity index (χ4v) is 3.99. The molecule has 0 bridgehead atoms. The number of benzene rings is 2. The van der Waals surface area contributed by atoms with Gasteiger partial charge in [-0.05, 0) is 54.6 Å². The Balaban J connectivity index is 1.44. The van der Waals surface area contributed by atoms with Gasteiger partial charge in [-0.1, -0.05) is 0 Å². The molecule has 1 aliphatic heterocycles. The van der Waals surface area contributed by atoms with Crippen LogP contribution in [0.4, 0.5) is 5.95 Å². The Morgan fingerprint density at radius 3 is 2.36 bits per heavy atom. The number of hydrogen-bond donors (Lipinski definition) is 2. The van der Waals surface area contributed by atoms with Crippen molar-refractivity contribution in [3.63, 3.8) is 0 Å². The Bertz CT molecular complexity index is 1250. The highest BCUT2D eigenvalue weighted by atomic mass is 32.2. The van der Waals surface area contributed by atoms with Crippen molar-refractivity contribution in [3.8, 4) is 11.5 Å². The summed E-state index contributed by atoms with van der Waals surface area (Å²) in [5, 5.41) is 14.6. The van der Waals surface area contributed by atoms with Crippen LogP contribution in [0.25, 0.3) is 0 Å². The van der Waals surface area contributed by atoms with Crippen molar-refractivity contribution in [2.75, 3.05) is 11.8 Å². The number of hydrazone groups is 1. The lowest BCUT2D eigenvalue weighted by molar-refractivity contribution is -0.0467. The molecule has 0 spiro atoms. The number of ether oxygens (including phenoxy) is 2. The van der Waals surface area contributed by atoms with Crippen LogP contribution in [0.3, 0.4) is 0 Å². The van der Waals surface area contributed by atoms with E-state index in [-0.39, 0.29) is 16.6 Å². The van der Waals surface area contributed by atoms with E-state index in [1.807, 2.05) is 0 Å². The highest BCUT2D eigenvalue weighted by molar-refractivity contribution is 7.92. The molecular weight excluding hydrogens is 450 g/mol. The molecular formula is C21H19N5O6S. The maximum absolute atomic E-state index is 12.7. The predicted octanol–water partition coefficient (Wildman–Crippen LogP) is 1.84. The first-order chi connectivity index (χ1) is 15.9. The van der Waals surface area contributed by atoms with Crippen molar-refractivity contribution in [2.24, 2.45) is 5.10 Å². The second kappa shape index (κ2) is 9.22. The standard InChI is InChI=1S/C21H19N5O6S/c1-31-20-18(13-24-26(20)19(28)14-3-5-15(27)6-4-14)32-16-7-9-17(10-8-16)33(29,30)25-21-22-11-2-12-23-21/h2-13,18,20,27H,1H3,(H,22,23,25). The first-order valence-corrected chi connectivity index (χ1v) is 11.1. The predicted molar refractivity (Wildman–Crippen MR) is 117 cm³/mol. The van der Waals surface area contributed by atoms with Crippen LogP contribution in [0.1, 0.15) is 10.4 Å². The van der Waals surface area contributed by atoms with E-state index in [1.54, 1.807) is 6.07 Å². The number of hydrogen-bond acceptors (Lipinski definition) is 9. The van der Waals surface area contributed by atoms with Crippen LogP contribution in [-0.4, -0.2) is 60.1 Å². The van der Waals surface area contributed by atoms with Gasteiger partial charge in [0, 0.05) is 25.1 Å². The molecule has 0 radical (unpaired) electrons. The van der Waals surface area contributed by atoms with E-state index < -0.39 is 28.3 Å². The van der Waals surface area contributed by atoms with E-state index in [0.29, 0.717) is 11.3 Å². The summed E-state index contributed by atoms with van der Waals surface area (Å²) in [4.78, 5) is 20.4. The number of amides is 1. The van der Waals surface area contributed by atoms with Crippen molar-refractivity contribution in [3.05, 3.63) is 72.6 Å². The van der Waals surface area contributed by atoms with Crippen LogP contribution in [0.5, 0.6) is 11.5 Å². The Kier molecular flexibility index (Phi) is 6.20. The second-order valence-corrected chi connectivity index (χ2v) is 8.50. The summed E-state index contributed by atoms with van der Waals surface area (Å²) < 4.78 is 38.5. The minimum absolute atomic E-state index is 0.00480. The van der Waals surface area contributed by atoms with Crippen molar-refractivity contribution in [1.29, 1.82) is 0 Å². The van der Waals surface area contributed by atoms with E-state index in [4.69, 9.17) is 9.47 Å². The summed E-state index contributed by atoms with van der Waals surface area (Å²) in [7, 11) is -2.46. The largest absolute Gasteiger partial charge is 0.508 e. The van der Waals surface area contributed by atoms with Crippen molar-refractivity contribution >= 4 is 28.1 Å². The summed E-state index contributed by atoms with van der Waals surface area (Å²) in [6, 6.07) is 13.0. The molecule has 170 valence electrons. The maximum Gasteiger partial charge on any atom is 0.276 e. The zero-order chi connectivity index (χ0) is 23.4. The van der Waals surface area contributed by atoms with E-state index >= 15 is 0 Å². The molecule has 0 saturated heterocycles. The lowest BCUT2D eigenvalue weighted by atomic mass is 10.2. The summed E-state index contributed by atoms with van der Waals surface area (Å²) in [6.45, 7) is 0. The van der Waals surface area contributed by atoms with E-state index in [9.17, 15) is 18.3 Å². The zero-order valence-corrected chi connectivity index (χ0v) is 18.1. The molecule has 1 aliphatic rings. The van der Waals surface area contributed by atoms with E-state index in [2.05, 4.69) is 19.8 Å². The molecule has 3 aromatic rings. The van der Waals surface area contributed by atoms with Gasteiger partial charge in [0.05, 0.1) is 11.1 Å². The molecule has 11 nitrogen and oxygen atoms in total. The normalized spacial score (nSPS) is 17.7. The molecule has 2 unspecified atom stereocenters. The van der Waals surface area contributed by atoms with Gasteiger partial charge in [0.25, 0.3) is 15.9 Å². The Hall–Kier alpha value is -4.03. The van der Waals surface area contributed by atoms with Gasteiger partial charge in [0.15, 0.2) is 12.3 Å². The number of carbonyl (C=O) groups excluding carboxylic acids is 1. The number of phenolic OH excluding ortho intramolecular Hbond substituents is 1. The SMILES string of the molecule is COC1C(Oc2ccc(S(=O)(=O)Nc3ncccn3)cc2)C=NN1C(=O)c1ccc(O)cc1. The number of nitrogens with zero attached hydrogens (tertiary/aromatic N) is 4. The number of aromatic hydroxyl groups is 1. The molecule has 2 N–H and O–H groups in total. The number of carbonyl (C=O) groups is 1. The molecule has 4 rings (SSSR count). The average Bonchev–Trinajstić information content (AvgIpc) is 3.22. The Labute approximate surface area is 189 Å². The summed E-state index contributed by atoms with van der Waals surface area (Å²) in [6.07, 6.45) is 2.70. The van der Waals surface area contributed by atoms with Gasteiger partial charge in [-0.3, -0.25) is 4.79 Å². The summed E-state index contributed by atoms with van der Waals surface area (Å²) in [5.74, 6) is -0.0820. The number of anilines is 1. The van der Waals surface area contributed by atoms with E-state index in [1.165, 1.54) is 74.2 Å². The van der Waals surface area contributed by atoms with Crippen LogP contribution in [0, 0.1) is 0 Å². The smallest absolute Gasteiger partial charge is 0.276 e. The molecule has 2 aromatic carbocycles. The number of sulfonamides is 1.